The fourth-order valence-corrected chi connectivity index (χ4v) is 1.99. The van der Waals surface area contributed by atoms with Gasteiger partial charge in [0.25, 0.3) is 0 Å². The molecule has 0 aromatic heterocycles. The van der Waals surface area contributed by atoms with Crippen molar-refractivity contribution in [2.24, 2.45) is 0 Å². The van der Waals surface area contributed by atoms with Gasteiger partial charge in [0.2, 0.25) is 5.91 Å². The van der Waals surface area contributed by atoms with Gasteiger partial charge in [-0.3, -0.25) is 4.79 Å². The zero-order valence-corrected chi connectivity index (χ0v) is 10.5. The number of carbonyl (C=O) groups excluding carboxylic acids is 1. The summed E-state index contributed by atoms with van der Waals surface area (Å²) < 4.78 is 0. The summed E-state index contributed by atoms with van der Waals surface area (Å²) in [6, 6.07) is 0.423. The van der Waals surface area contributed by atoms with Gasteiger partial charge in [0, 0.05) is 12.6 Å². The van der Waals surface area contributed by atoms with Crippen molar-refractivity contribution in [3.05, 3.63) is 11.6 Å². The summed E-state index contributed by atoms with van der Waals surface area (Å²) in [5.74, 6) is 0.133. The molecule has 0 bridgehead atoms. The minimum Gasteiger partial charge on any atom is -0.352 e. The Morgan fingerprint density at radius 1 is 1.25 bits per heavy atom. The Morgan fingerprint density at radius 2 is 1.94 bits per heavy atom. The molecule has 16 heavy (non-hydrogen) atoms. The molecule has 1 amide bonds. The van der Waals surface area contributed by atoms with Gasteiger partial charge in [-0.15, -0.1) is 0 Å². The number of amides is 1. The number of carbonyl (C=O) groups is 1. The molecule has 1 rings (SSSR count). The van der Waals surface area contributed by atoms with Crippen LogP contribution in [0.4, 0.5) is 0 Å². The molecule has 1 aliphatic carbocycles. The third-order valence-corrected chi connectivity index (χ3v) is 2.91. The molecule has 0 aromatic carbocycles. The molecule has 0 radical (unpaired) electrons. The van der Waals surface area contributed by atoms with Crippen molar-refractivity contribution in [3.63, 3.8) is 0 Å². The predicted molar refractivity (Wildman–Crippen MR) is 67.3 cm³/mol. The lowest BCUT2D eigenvalue weighted by molar-refractivity contribution is -0.121. The smallest absolute Gasteiger partial charge is 0.234 e. The van der Waals surface area contributed by atoms with Gasteiger partial charge in [-0.1, -0.05) is 30.9 Å². The van der Waals surface area contributed by atoms with Crippen LogP contribution in [0.25, 0.3) is 0 Å². The minimum atomic E-state index is 0.133. The fourth-order valence-electron chi connectivity index (χ4n) is 1.99. The van der Waals surface area contributed by atoms with E-state index in [1.807, 2.05) is 0 Å². The van der Waals surface area contributed by atoms with E-state index in [2.05, 4.69) is 30.6 Å². The maximum Gasteiger partial charge on any atom is 0.234 e. The molecule has 0 aliphatic heterocycles. The third-order valence-electron chi connectivity index (χ3n) is 2.91. The quantitative estimate of drug-likeness (QED) is 0.554. The Balaban J connectivity index is 2.08. The van der Waals surface area contributed by atoms with Gasteiger partial charge in [-0.25, -0.2) is 0 Å². The summed E-state index contributed by atoms with van der Waals surface area (Å²) in [4.78, 5) is 11.6. The molecule has 0 spiro atoms. The van der Waals surface area contributed by atoms with Crippen LogP contribution in [0, 0.1) is 0 Å². The lowest BCUT2D eigenvalue weighted by Gasteiger charge is -2.22. The van der Waals surface area contributed by atoms with Crippen molar-refractivity contribution in [3.8, 4) is 0 Å². The van der Waals surface area contributed by atoms with Gasteiger partial charge < -0.3 is 10.6 Å². The summed E-state index contributed by atoms with van der Waals surface area (Å²) in [5.41, 5.74) is 1.28. The van der Waals surface area contributed by atoms with Crippen molar-refractivity contribution < 1.29 is 4.79 Å². The van der Waals surface area contributed by atoms with Gasteiger partial charge in [-0.2, -0.15) is 0 Å². The summed E-state index contributed by atoms with van der Waals surface area (Å²) in [7, 11) is 0. The van der Waals surface area contributed by atoms with Crippen molar-refractivity contribution in [2.75, 3.05) is 13.1 Å². The average molecular weight is 224 g/mol. The Morgan fingerprint density at radius 3 is 2.56 bits per heavy atom. The van der Waals surface area contributed by atoms with Crippen LogP contribution in [0.3, 0.4) is 0 Å². The first-order valence-electron chi connectivity index (χ1n) is 6.32. The highest BCUT2D eigenvalue weighted by Gasteiger charge is 2.14. The largest absolute Gasteiger partial charge is 0.352 e. The van der Waals surface area contributed by atoms with Crippen LogP contribution in [-0.2, 0) is 4.79 Å². The second-order valence-corrected chi connectivity index (χ2v) is 4.81. The molecule has 1 aliphatic rings. The lowest BCUT2D eigenvalue weighted by atomic mass is 9.95. The summed E-state index contributed by atoms with van der Waals surface area (Å²) in [5, 5.41) is 6.20. The summed E-state index contributed by atoms with van der Waals surface area (Å²) >= 11 is 0. The zero-order valence-electron chi connectivity index (χ0n) is 10.5. The number of nitrogens with one attached hydrogen (secondary N) is 2. The molecule has 1 fully saturated rings. The average Bonchev–Trinajstić information content (AvgIpc) is 2.25. The summed E-state index contributed by atoms with van der Waals surface area (Å²) in [6.07, 6.45) is 8.24. The normalized spacial score (nSPS) is 16.9. The van der Waals surface area contributed by atoms with Gasteiger partial charge in [0.05, 0.1) is 6.54 Å². The first-order chi connectivity index (χ1) is 7.68. The van der Waals surface area contributed by atoms with Gasteiger partial charge in [-0.05, 0) is 26.7 Å². The predicted octanol–water partition coefficient (Wildman–Crippen LogP) is 1.99. The van der Waals surface area contributed by atoms with Crippen molar-refractivity contribution in [1.29, 1.82) is 0 Å². The van der Waals surface area contributed by atoms with Crippen LogP contribution >= 0.6 is 0 Å². The van der Waals surface area contributed by atoms with E-state index in [9.17, 15) is 4.79 Å². The van der Waals surface area contributed by atoms with E-state index < -0.39 is 0 Å². The SMILES string of the molecule is CC(C)=CCNCC(=O)NC1CCCCC1. The molecule has 0 unspecified atom stereocenters. The van der Waals surface area contributed by atoms with Crippen molar-refractivity contribution in [1.82, 2.24) is 10.6 Å². The minimum absolute atomic E-state index is 0.133. The standard InChI is InChI=1S/C13H24N2O/c1-11(2)8-9-14-10-13(16)15-12-6-4-3-5-7-12/h8,12,14H,3-7,9-10H2,1-2H3,(H,15,16). The zero-order chi connectivity index (χ0) is 11.8. The van der Waals surface area contributed by atoms with E-state index >= 15 is 0 Å². The van der Waals surface area contributed by atoms with Crippen molar-refractivity contribution >= 4 is 5.91 Å². The third kappa shape index (κ3) is 5.91. The van der Waals surface area contributed by atoms with Crippen LogP contribution < -0.4 is 10.6 Å². The first kappa shape index (κ1) is 13.2. The molecule has 0 heterocycles. The van der Waals surface area contributed by atoms with E-state index in [0.29, 0.717) is 12.6 Å². The molecule has 0 aromatic rings. The van der Waals surface area contributed by atoms with E-state index in [1.54, 1.807) is 0 Å². The maximum absolute atomic E-state index is 11.6. The van der Waals surface area contributed by atoms with Gasteiger partial charge >= 0.3 is 0 Å². The molecular formula is C13H24N2O. The molecular weight excluding hydrogens is 200 g/mol. The molecule has 1 saturated carbocycles. The van der Waals surface area contributed by atoms with Gasteiger partial charge in [0.15, 0.2) is 0 Å². The fraction of sp³-hybridized carbons (Fsp3) is 0.769. The molecule has 2 N–H and O–H groups in total. The van der Waals surface area contributed by atoms with Crippen LogP contribution in [0.2, 0.25) is 0 Å². The highest BCUT2D eigenvalue weighted by atomic mass is 16.1. The maximum atomic E-state index is 11.6. The molecule has 0 saturated heterocycles. The van der Waals surface area contributed by atoms with E-state index in [-0.39, 0.29) is 5.91 Å². The molecule has 3 heteroatoms. The Labute approximate surface area is 98.7 Å². The molecule has 0 atom stereocenters. The monoisotopic (exact) mass is 224 g/mol. The first-order valence-corrected chi connectivity index (χ1v) is 6.32. The van der Waals surface area contributed by atoms with Crippen LogP contribution in [0.5, 0.6) is 0 Å². The van der Waals surface area contributed by atoms with Gasteiger partial charge in [0.1, 0.15) is 0 Å². The summed E-state index contributed by atoms with van der Waals surface area (Å²) in [6.45, 7) is 5.33. The second kappa shape index (κ2) is 7.44. The number of hydrogen-bond donors (Lipinski definition) is 2. The van der Waals surface area contributed by atoms with E-state index in [1.165, 1.54) is 24.8 Å². The van der Waals surface area contributed by atoms with Crippen LogP contribution in [0.15, 0.2) is 11.6 Å². The van der Waals surface area contributed by atoms with Crippen LogP contribution in [-0.4, -0.2) is 25.0 Å². The highest BCUT2D eigenvalue weighted by molar-refractivity contribution is 5.78. The Kier molecular flexibility index (Phi) is 6.16. The molecule has 3 nitrogen and oxygen atoms in total. The topological polar surface area (TPSA) is 41.1 Å². The lowest BCUT2D eigenvalue weighted by Crippen LogP contribution is -2.41. The Bertz CT molecular complexity index is 238. The van der Waals surface area contributed by atoms with Crippen molar-refractivity contribution in [2.45, 2.75) is 52.0 Å². The molecule has 92 valence electrons. The highest BCUT2D eigenvalue weighted by Crippen LogP contribution is 2.16. The number of allylic oxidation sites excluding steroid dienone is 1. The van der Waals surface area contributed by atoms with E-state index in [4.69, 9.17) is 0 Å². The Hall–Kier alpha value is -0.830. The number of rotatable bonds is 5. The number of hydrogen-bond acceptors (Lipinski definition) is 2. The van der Waals surface area contributed by atoms with Crippen LogP contribution in [0.1, 0.15) is 46.0 Å². The van der Waals surface area contributed by atoms with E-state index in [0.717, 1.165) is 19.4 Å². The second-order valence-electron chi connectivity index (χ2n) is 4.81.